The van der Waals surface area contributed by atoms with Crippen LogP contribution in [0.4, 0.5) is 19.0 Å². The number of carbonyl (C=O) groups is 2. The van der Waals surface area contributed by atoms with Crippen LogP contribution in [0.1, 0.15) is 10.4 Å². The summed E-state index contributed by atoms with van der Waals surface area (Å²) in [6.07, 6.45) is -4.32. The number of carboxylic acids is 1. The average Bonchev–Trinajstić information content (AvgIpc) is 2.90. The highest BCUT2D eigenvalue weighted by Gasteiger charge is 2.40. The smallest absolute Gasteiger partial charge is 0.471 e. The Morgan fingerprint density at radius 1 is 1.26 bits per heavy atom. The number of nitrogens with zero attached hydrogens (tertiary/aromatic N) is 2. The molecule has 0 saturated heterocycles. The van der Waals surface area contributed by atoms with Crippen molar-refractivity contribution in [3.05, 3.63) is 36.0 Å². The summed E-state index contributed by atoms with van der Waals surface area (Å²) in [4.78, 5) is 22.2. The molecule has 10 heteroatoms. The number of nitrogens with one attached hydrogen (secondary N) is 1. The maximum Gasteiger partial charge on any atom is 0.471 e. The van der Waals surface area contributed by atoms with E-state index in [1.807, 2.05) is 0 Å². The van der Waals surface area contributed by atoms with Crippen molar-refractivity contribution in [2.45, 2.75) is 6.18 Å². The van der Waals surface area contributed by atoms with E-state index in [0.29, 0.717) is 5.75 Å². The van der Waals surface area contributed by atoms with Gasteiger partial charge in [-0.05, 0) is 24.3 Å². The van der Waals surface area contributed by atoms with Gasteiger partial charge in [-0.3, -0.25) is 4.79 Å². The molecule has 1 heterocycles. The Kier molecular flexibility index (Phi) is 4.25. The number of ether oxygens (including phenoxy) is 1. The van der Waals surface area contributed by atoms with Crippen LogP contribution in [0.5, 0.6) is 5.75 Å². The first-order valence-electron chi connectivity index (χ1n) is 6.08. The Hall–Kier alpha value is -3.04. The van der Waals surface area contributed by atoms with Crippen molar-refractivity contribution in [3.63, 3.8) is 0 Å². The SMILES string of the molecule is COc1ccc(-n2ncc(C(=O)O)c2NC(=O)C(F)(F)F)cc1. The van der Waals surface area contributed by atoms with Crippen LogP contribution in [0.3, 0.4) is 0 Å². The molecular weight excluding hydrogens is 319 g/mol. The number of aromatic carboxylic acids is 1. The zero-order valence-electron chi connectivity index (χ0n) is 11.6. The van der Waals surface area contributed by atoms with Gasteiger partial charge in [-0.15, -0.1) is 0 Å². The number of carboxylic acid groups (broad SMARTS) is 1. The first-order valence-corrected chi connectivity index (χ1v) is 6.08. The zero-order valence-corrected chi connectivity index (χ0v) is 11.6. The van der Waals surface area contributed by atoms with Gasteiger partial charge in [0.15, 0.2) is 5.82 Å². The van der Waals surface area contributed by atoms with E-state index in [1.165, 1.54) is 36.7 Å². The molecule has 0 aliphatic carbocycles. The van der Waals surface area contributed by atoms with Crippen molar-refractivity contribution < 1.29 is 32.6 Å². The number of methoxy groups -OCH3 is 1. The minimum absolute atomic E-state index is 0.246. The number of aromatic nitrogens is 2. The lowest BCUT2D eigenvalue weighted by Crippen LogP contribution is -2.31. The molecule has 1 amide bonds. The molecule has 122 valence electrons. The fraction of sp³-hybridized carbons (Fsp3) is 0.154. The van der Waals surface area contributed by atoms with Gasteiger partial charge in [0.2, 0.25) is 0 Å². The molecule has 2 aromatic rings. The average molecular weight is 329 g/mol. The molecule has 0 bridgehead atoms. The quantitative estimate of drug-likeness (QED) is 0.896. The summed E-state index contributed by atoms with van der Waals surface area (Å²) in [5.74, 6) is -3.93. The number of hydrogen-bond donors (Lipinski definition) is 2. The molecule has 0 unspecified atom stereocenters. The summed E-state index contributed by atoms with van der Waals surface area (Å²) in [5, 5.41) is 14.3. The summed E-state index contributed by atoms with van der Waals surface area (Å²) in [7, 11) is 1.43. The highest BCUT2D eigenvalue weighted by atomic mass is 19.4. The molecule has 0 spiro atoms. The monoisotopic (exact) mass is 329 g/mol. The Morgan fingerprint density at radius 2 is 1.87 bits per heavy atom. The lowest BCUT2D eigenvalue weighted by atomic mass is 10.3. The van der Waals surface area contributed by atoms with Crippen LogP contribution in [0.15, 0.2) is 30.5 Å². The van der Waals surface area contributed by atoms with Crippen LogP contribution in [-0.4, -0.2) is 40.0 Å². The van der Waals surface area contributed by atoms with Gasteiger partial charge in [0, 0.05) is 0 Å². The van der Waals surface area contributed by atoms with Crippen LogP contribution in [0, 0.1) is 0 Å². The van der Waals surface area contributed by atoms with Crippen molar-refractivity contribution in [1.29, 1.82) is 0 Å². The fourth-order valence-corrected chi connectivity index (χ4v) is 1.72. The van der Waals surface area contributed by atoms with Crippen molar-refractivity contribution >= 4 is 17.7 Å². The van der Waals surface area contributed by atoms with Gasteiger partial charge < -0.3 is 15.2 Å². The minimum atomic E-state index is -5.16. The first kappa shape index (κ1) is 16.3. The van der Waals surface area contributed by atoms with Gasteiger partial charge in [0.1, 0.15) is 11.3 Å². The lowest BCUT2D eigenvalue weighted by molar-refractivity contribution is -0.167. The topological polar surface area (TPSA) is 93.5 Å². The molecule has 0 radical (unpaired) electrons. The van der Waals surface area contributed by atoms with E-state index in [2.05, 4.69) is 5.10 Å². The van der Waals surface area contributed by atoms with E-state index >= 15 is 0 Å². The third-order valence-electron chi connectivity index (χ3n) is 2.81. The molecular formula is C13H10F3N3O4. The summed E-state index contributed by atoms with van der Waals surface area (Å²) in [6.45, 7) is 0. The molecule has 1 aromatic heterocycles. The molecule has 0 aliphatic heterocycles. The van der Waals surface area contributed by atoms with Gasteiger partial charge in [-0.2, -0.15) is 18.3 Å². The Labute approximate surface area is 127 Å². The number of hydrogen-bond acceptors (Lipinski definition) is 4. The van der Waals surface area contributed by atoms with Crippen LogP contribution >= 0.6 is 0 Å². The third kappa shape index (κ3) is 3.42. The normalized spacial score (nSPS) is 11.1. The van der Waals surface area contributed by atoms with Gasteiger partial charge in [0.25, 0.3) is 0 Å². The number of benzene rings is 1. The van der Waals surface area contributed by atoms with Crippen LogP contribution < -0.4 is 10.1 Å². The Balaban J connectivity index is 2.47. The molecule has 0 atom stereocenters. The molecule has 1 aromatic carbocycles. The second-order valence-corrected chi connectivity index (χ2v) is 4.27. The highest BCUT2D eigenvalue weighted by molar-refractivity contribution is 6.01. The number of amides is 1. The van der Waals surface area contributed by atoms with Crippen LogP contribution in [0.2, 0.25) is 0 Å². The maximum absolute atomic E-state index is 12.4. The van der Waals surface area contributed by atoms with Gasteiger partial charge in [0.05, 0.1) is 19.0 Å². The van der Waals surface area contributed by atoms with E-state index in [-0.39, 0.29) is 5.69 Å². The molecule has 0 fully saturated rings. The van der Waals surface area contributed by atoms with E-state index in [1.54, 1.807) is 0 Å². The second-order valence-electron chi connectivity index (χ2n) is 4.27. The van der Waals surface area contributed by atoms with E-state index in [4.69, 9.17) is 9.84 Å². The molecule has 23 heavy (non-hydrogen) atoms. The fourth-order valence-electron chi connectivity index (χ4n) is 1.72. The summed E-state index contributed by atoms with van der Waals surface area (Å²) >= 11 is 0. The van der Waals surface area contributed by atoms with Crippen molar-refractivity contribution in [2.75, 3.05) is 12.4 Å². The Morgan fingerprint density at radius 3 is 2.35 bits per heavy atom. The number of rotatable bonds is 4. The lowest BCUT2D eigenvalue weighted by Gasteiger charge is -2.12. The molecule has 7 nitrogen and oxygen atoms in total. The summed E-state index contributed by atoms with van der Waals surface area (Å²) in [5.41, 5.74) is -0.325. The number of carbonyl (C=O) groups excluding carboxylic acids is 1. The molecule has 0 saturated carbocycles. The van der Waals surface area contributed by atoms with Crippen LogP contribution in [-0.2, 0) is 4.79 Å². The number of halogens is 3. The van der Waals surface area contributed by atoms with Crippen LogP contribution in [0.25, 0.3) is 5.69 Å². The van der Waals surface area contributed by atoms with E-state index in [0.717, 1.165) is 10.9 Å². The summed E-state index contributed by atoms with van der Waals surface area (Å²) in [6, 6.07) is 5.90. The van der Waals surface area contributed by atoms with E-state index < -0.39 is 29.4 Å². The maximum atomic E-state index is 12.4. The minimum Gasteiger partial charge on any atom is -0.497 e. The largest absolute Gasteiger partial charge is 0.497 e. The zero-order chi connectivity index (χ0) is 17.2. The molecule has 2 N–H and O–H groups in total. The first-order chi connectivity index (χ1) is 10.7. The van der Waals surface area contributed by atoms with Gasteiger partial charge >= 0.3 is 18.1 Å². The highest BCUT2D eigenvalue weighted by Crippen LogP contribution is 2.25. The molecule has 2 rings (SSSR count). The predicted molar refractivity (Wildman–Crippen MR) is 71.8 cm³/mol. The number of anilines is 1. The predicted octanol–water partition coefficient (Wildman–Crippen LogP) is 2.08. The number of alkyl halides is 3. The van der Waals surface area contributed by atoms with E-state index in [9.17, 15) is 22.8 Å². The van der Waals surface area contributed by atoms with Gasteiger partial charge in [-0.1, -0.05) is 0 Å². The third-order valence-corrected chi connectivity index (χ3v) is 2.81. The van der Waals surface area contributed by atoms with Crippen molar-refractivity contribution in [1.82, 2.24) is 9.78 Å². The standard InChI is InChI=1S/C13H10F3N3O4/c1-23-8-4-2-7(3-5-8)19-10(9(6-17-19)11(20)21)18-12(22)13(14,15)16/h2-6H,1H3,(H,18,22)(H,20,21). The van der Waals surface area contributed by atoms with Gasteiger partial charge in [-0.25, -0.2) is 9.48 Å². The second kappa shape index (κ2) is 5.99. The molecule has 0 aliphatic rings. The summed E-state index contributed by atoms with van der Waals surface area (Å²) < 4.78 is 43.0. The Bertz CT molecular complexity index is 738. The van der Waals surface area contributed by atoms with Crippen molar-refractivity contribution in [3.8, 4) is 11.4 Å². The van der Waals surface area contributed by atoms with Crippen molar-refractivity contribution in [2.24, 2.45) is 0 Å².